The molecule has 2 rings (SSSR count). The molecule has 2 atom stereocenters. The largest absolute Gasteiger partial charge is 0.494 e. The molecule has 9 nitrogen and oxygen atoms in total. The van der Waals surface area contributed by atoms with Gasteiger partial charge in [-0.05, 0) is 37.5 Å². The summed E-state index contributed by atoms with van der Waals surface area (Å²) in [6.07, 6.45) is 0.323. The summed E-state index contributed by atoms with van der Waals surface area (Å²) in [7, 11) is 0. The van der Waals surface area contributed by atoms with Crippen LogP contribution in [0, 0.1) is 11.8 Å². The Hall–Kier alpha value is -2.72. The molecule has 1 aromatic carbocycles. The number of carboxylic acids is 2. The number of carboxylic acid groups (broad SMARTS) is 2. The molecule has 2 aromatic rings. The van der Waals surface area contributed by atoms with Crippen LogP contribution in [0.15, 0.2) is 18.2 Å². The molecule has 0 saturated heterocycles. The van der Waals surface area contributed by atoms with Gasteiger partial charge in [0, 0.05) is 6.54 Å². The Morgan fingerprint density at radius 2 is 1.93 bits per heavy atom. The first-order valence-corrected chi connectivity index (χ1v) is 10.1. The maximum atomic E-state index is 12.5. The number of rotatable bonds is 11. The van der Waals surface area contributed by atoms with Gasteiger partial charge in [-0.25, -0.2) is 4.98 Å². The van der Waals surface area contributed by atoms with Crippen LogP contribution < -0.4 is 15.4 Å². The summed E-state index contributed by atoms with van der Waals surface area (Å²) in [5, 5.41) is 24.1. The number of benzene rings is 1. The molecular formula is C19H25N3O6S. The quantitative estimate of drug-likeness (QED) is 0.404. The molecule has 0 aliphatic carbocycles. The summed E-state index contributed by atoms with van der Waals surface area (Å²) in [5.74, 6) is -3.86. The highest BCUT2D eigenvalue weighted by Crippen LogP contribution is 2.29. The van der Waals surface area contributed by atoms with Crippen LogP contribution in [-0.2, 0) is 14.4 Å². The Morgan fingerprint density at radius 3 is 2.52 bits per heavy atom. The van der Waals surface area contributed by atoms with E-state index >= 15 is 0 Å². The summed E-state index contributed by atoms with van der Waals surface area (Å²) in [5.41, 5.74) is 0.654. The Kier molecular flexibility index (Phi) is 7.91. The van der Waals surface area contributed by atoms with E-state index in [1.165, 1.54) is 11.3 Å². The van der Waals surface area contributed by atoms with E-state index in [0.717, 1.165) is 4.70 Å². The number of nitrogens with zero attached hydrogens (tertiary/aromatic N) is 1. The molecule has 0 aliphatic rings. The number of anilines is 1. The molecule has 29 heavy (non-hydrogen) atoms. The average molecular weight is 423 g/mol. The molecule has 1 amide bonds. The van der Waals surface area contributed by atoms with E-state index in [0.29, 0.717) is 24.3 Å². The fourth-order valence-corrected chi connectivity index (χ4v) is 3.60. The number of amides is 1. The molecule has 0 radical (unpaired) electrons. The third-order valence-electron chi connectivity index (χ3n) is 4.09. The summed E-state index contributed by atoms with van der Waals surface area (Å²) in [6.45, 7) is 5.82. The second-order valence-corrected chi connectivity index (χ2v) is 7.92. The molecule has 158 valence electrons. The standard InChI is InChI=1S/C19H25N3O6S/c1-4-28-11-5-6-13-15(8-11)29-19(21-13)22-16(23)12(17(24)25)9-20-14(18(26)27)7-10(2)3/h5-6,8,10,12,14,20H,4,7,9H2,1-3H3,(H,24,25)(H,26,27)(H,21,22,23)/t12?,14-/m0/s1. The van der Waals surface area contributed by atoms with Gasteiger partial charge in [0.15, 0.2) is 5.13 Å². The maximum absolute atomic E-state index is 12.5. The number of carbonyl (C=O) groups is 3. The SMILES string of the molecule is CCOc1ccc2nc(NC(=O)C(CN[C@@H](CC(C)C)C(=O)O)C(=O)O)sc2c1. The topological polar surface area (TPSA) is 138 Å². The van der Waals surface area contributed by atoms with Crippen LogP contribution >= 0.6 is 11.3 Å². The highest BCUT2D eigenvalue weighted by molar-refractivity contribution is 7.22. The van der Waals surface area contributed by atoms with Crippen molar-refractivity contribution in [2.75, 3.05) is 18.5 Å². The van der Waals surface area contributed by atoms with Crippen molar-refractivity contribution in [3.05, 3.63) is 18.2 Å². The van der Waals surface area contributed by atoms with Gasteiger partial charge in [-0.1, -0.05) is 25.2 Å². The van der Waals surface area contributed by atoms with Gasteiger partial charge in [0.1, 0.15) is 17.7 Å². The van der Waals surface area contributed by atoms with Gasteiger partial charge in [-0.15, -0.1) is 0 Å². The Bertz CT molecular complexity index is 882. The van der Waals surface area contributed by atoms with Crippen molar-refractivity contribution in [2.24, 2.45) is 11.8 Å². The number of aromatic nitrogens is 1. The Balaban J connectivity index is 2.08. The zero-order valence-electron chi connectivity index (χ0n) is 16.5. The first kappa shape index (κ1) is 22.6. The van der Waals surface area contributed by atoms with Crippen molar-refractivity contribution >= 4 is 44.5 Å². The summed E-state index contributed by atoms with van der Waals surface area (Å²) < 4.78 is 6.22. The van der Waals surface area contributed by atoms with Gasteiger partial charge in [0.05, 0.1) is 16.8 Å². The number of fused-ring (bicyclic) bond motifs is 1. The number of thiazole rings is 1. The zero-order valence-corrected chi connectivity index (χ0v) is 17.3. The third kappa shape index (κ3) is 6.40. The van der Waals surface area contributed by atoms with Crippen molar-refractivity contribution < 1.29 is 29.3 Å². The van der Waals surface area contributed by atoms with E-state index in [9.17, 15) is 24.6 Å². The van der Waals surface area contributed by atoms with Gasteiger partial charge in [-0.3, -0.25) is 14.4 Å². The molecular weight excluding hydrogens is 398 g/mol. The molecule has 0 fully saturated rings. The minimum absolute atomic E-state index is 0.102. The smallest absolute Gasteiger partial charge is 0.320 e. The van der Waals surface area contributed by atoms with Crippen LogP contribution in [0.25, 0.3) is 10.2 Å². The van der Waals surface area contributed by atoms with E-state index in [4.69, 9.17) is 4.74 Å². The molecule has 0 bridgehead atoms. The fraction of sp³-hybridized carbons (Fsp3) is 0.474. The highest BCUT2D eigenvalue weighted by Gasteiger charge is 2.29. The lowest BCUT2D eigenvalue weighted by Gasteiger charge is -2.19. The molecule has 10 heteroatoms. The number of ether oxygens (including phenoxy) is 1. The lowest BCUT2D eigenvalue weighted by Crippen LogP contribution is -2.45. The Labute approximate surface area is 172 Å². The van der Waals surface area contributed by atoms with Gasteiger partial charge >= 0.3 is 11.9 Å². The normalized spacial score (nSPS) is 13.2. The number of aliphatic carboxylic acids is 2. The first-order chi connectivity index (χ1) is 13.7. The van der Waals surface area contributed by atoms with E-state index < -0.39 is 29.8 Å². The van der Waals surface area contributed by atoms with Crippen LogP contribution in [0.3, 0.4) is 0 Å². The van der Waals surface area contributed by atoms with Crippen molar-refractivity contribution in [2.45, 2.75) is 33.2 Å². The van der Waals surface area contributed by atoms with Crippen molar-refractivity contribution in [1.29, 1.82) is 0 Å². The van der Waals surface area contributed by atoms with E-state index in [-0.39, 0.29) is 17.6 Å². The van der Waals surface area contributed by atoms with Crippen molar-refractivity contribution in [1.82, 2.24) is 10.3 Å². The fourth-order valence-electron chi connectivity index (χ4n) is 2.70. The number of hydrogen-bond acceptors (Lipinski definition) is 7. The van der Waals surface area contributed by atoms with Gasteiger partial charge in [0.25, 0.3) is 0 Å². The molecule has 0 spiro atoms. The molecule has 0 aliphatic heterocycles. The first-order valence-electron chi connectivity index (χ1n) is 9.24. The third-order valence-corrected chi connectivity index (χ3v) is 5.02. The summed E-state index contributed by atoms with van der Waals surface area (Å²) in [6, 6.07) is 4.39. The summed E-state index contributed by atoms with van der Waals surface area (Å²) >= 11 is 1.20. The predicted octanol–water partition coefficient (Wildman–Crippen LogP) is 2.42. The average Bonchev–Trinajstić information content (AvgIpc) is 3.01. The van der Waals surface area contributed by atoms with Crippen LogP contribution in [0.1, 0.15) is 27.2 Å². The van der Waals surface area contributed by atoms with Crippen molar-refractivity contribution in [3.63, 3.8) is 0 Å². The molecule has 1 unspecified atom stereocenters. The monoisotopic (exact) mass is 423 g/mol. The summed E-state index contributed by atoms with van der Waals surface area (Å²) in [4.78, 5) is 39.6. The second-order valence-electron chi connectivity index (χ2n) is 6.89. The van der Waals surface area contributed by atoms with Crippen molar-refractivity contribution in [3.8, 4) is 5.75 Å². The number of carbonyl (C=O) groups excluding carboxylic acids is 1. The molecule has 1 heterocycles. The number of hydrogen-bond donors (Lipinski definition) is 4. The van der Waals surface area contributed by atoms with E-state index in [2.05, 4.69) is 15.6 Å². The van der Waals surface area contributed by atoms with Gasteiger partial charge in [0.2, 0.25) is 5.91 Å². The second kappa shape index (κ2) is 10.2. The van der Waals surface area contributed by atoms with Gasteiger partial charge in [-0.2, -0.15) is 0 Å². The van der Waals surface area contributed by atoms with Crippen LogP contribution in [0.2, 0.25) is 0 Å². The van der Waals surface area contributed by atoms with Crippen LogP contribution in [0.4, 0.5) is 5.13 Å². The van der Waals surface area contributed by atoms with Gasteiger partial charge < -0.3 is 25.6 Å². The molecule has 0 saturated carbocycles. The lowest BCUT2D eigenvalue weighted by molar-refractivity contribution is -0.146. The minimum Gasteiger partial charge on any atom is -0.494 e. The van der Waals surface area contributed by atoms with Crippen LogP contribution in [0.5, 0.6) is 5.75 Å². The predicted molar refractivity (Wildman–Crippen MR) is 109 cm³/mol. The Morgan fingerprint density at radius 1 is 1.21 bits per heavy atom. The molecule has 4 N–H and O–H groups in total. The highest BCUT2D eigenvalue weighted by atomic mass is 32.1. The minimum atomic E-state index is -1.45. The number of nitrogens with one attached hydrogen (secondary N) is 2. The van der Waals surface area contributed by atoms with Crippen LogP contribution in [-0.4, -0.2) is 52.2 Å². The maximum Gasteiger partial charge on any atom is 0.320 e. The van der Waals surface area contributed by atoms with E-state index in [1.54, 1.807) is 18.2 Å². The van der Waals surface area contributed by atoms with E-state index in [1.807, 2.05) is 20.8 Å². The molecule has 1 aromatic heterocycles. The zero-order chi connectivity index (χ0) is 21.6. The lowest BCUT2D eigenvalue weighted by atomic mass is 10.0.